The van der Waals surface area contributed by atoms with Crippen LogP contribution in [0, 0.1) is 18.8 Å². The molecule has 1 saturated carbocycles. The topological polar surface area (TPSA) is 171 Å². The maximum absolute atomic E-state index is 13.7. The number of aromatic amines is 1. The lowest BCUT2D eigenvalue weighted by molar-refractivity contribution is -0.130. The molecule has 1 fully saturated rings. The van der Waals surface area contributed by atoms with E-state index >= 15 is 0 Å². The number of hydrogen-bond donors (Lipinski definition) is 5. The highest BCUT2D eigenvalue weighted by Gasteiger charge is 2.29. The third-order valence-corrected chi connectivity index (χ3v) is 9.20. The summed E-state index contributed by atoms with van der Waals surface area (Å²) in [7, 11) is 4.03. The predicted molar refractivity (Wildman–Crippen MR) is 190 cm³/mol. The van der Waals surface area contributed by atoms with Gasteiger partial charge in [-0.3, -0.25) is 14.4 Å². The molecule has 1 heterocycles. The van der Waals surface area contributed by atoms with Crippen molar-refractivity contribution >= 4 is 23.4 Å². The summed E-state index contributed by atoms with van der Waals surface area (Å²) in [6.07, 6.45) is 4.58. The minimum Gasteiger partial charge on any atom is -0.352 e. The molecule has 4 aromatic rings. The first-order valence-corrected chi connectivity index (χ1v) is 17.0. The Morgan fingerprint density at radius 1 is 0.959 bits per heavy atom. The number of nitrogens with one attached hydrogen (secondary N) is 4. The van der Waals surface area contributed by atoms with Gasteiger partial charge in [0.05, 0.1) is 0 Å². The largest absolute Gasteiger partial charge is 0.352 e. The lowest BCUT2D eigenvalue weighted by Crippen LogP contribution is -2.48. The van der Waals surface area contributed by atoms with E-state index in [0.29, 0.717) is 42.5 Å². The third-order valence-electron chi connectivity index (χ3n) is 9.20. The second-order valence-corrected chi connectivity index (χ2v) is 13.2. The van der Waals surface area contributed by atoms with Crippen LogP contribution in [0.2, 0.25) is 0 Å². The SMILES string of the molecule is Cc1cc(C(=O)NCCCN(C)C)ccc1-c1ccc(C[C@H](NC(=O)[C@H]2CC[C@H](CN)CC2)C(=O)Nc2ccc(-c3nn[nH]n3)cc2)cc1. The smallest absolute Gasteiger partial charge is 0.251 e. The highest BCUT2D eigenvalue weighted by molar-refractivity contribution is 5.98. The van der Waals surface area contributed by atoms with Crippen molar-refractivity contribution in [2.24, 2.45) is 17.6 Å². The van der Waals surface area contributed by atoms with E-state index in [0.717, 1.165) is 66.5 Å². The number of rotatable bonds is 14. The van der Waals surface area contributed by atoms with Gasteiger partial charge in [0.2, 0.25) is 17.6 Å². The van der Waals surface area contributed by atoms with Crippen LogP contribution < -0.4 is 21.7 Å². The second-order valence-electron chi connectivity index (χ2n) is 13.2. The lowest BCUT2D eigenvalue weighted by atomic mass is 9.81. The fourth-order valence-corrected chi connectivity index (χ4v) is 6.26. The molecule has 1 aromatic heterocycles. The standard InChI is InChI=1S/C37H47N9O3/c1-24-21-30(35(47)39-19-4-20-46(2)3)15-18-32(24)27-9-5-25(6-10-27)22-33(41-36(48)29-11-7-26(23-38)8-12-29)37(49)40-31-16-13-28(14-17-31)34-42-44-45-43-34/h5-6,9-10,13-18,21,26,29,33H,4,7-8,11-12,19-20,22-23,38H2,1-3H3,(H,39,47)(H,40,49)(H,41,48)(H,42,43,44,45)/t26-,29-,33-/m0/s1. The van der Waals surface area contributed by atoms with Crippen LogP contribution in [-0.2, 0) is 16.0 Å². The molecule has 12 heteroatoms. The van der Waals surface area contributed by atoms with Crippen molar-refractivity contribution in [3.8, 4) is 22.5 Å². The summed E-state index contributed by atoms with van der Waals surface area (Å²) in [6, 6.07) is 20.1. The molecule has 5 rings (SSSR count). The van der Waals surface area contributed by atoms with Crippen molar-refractivity contribution in [1.29, 1.82) is 0 Å². The molecule has 1 atom stereocenters. The predicted octanol–water partition coefficient (Wildman–Crippen LogP) is 3.95. The normalized spacial score (nSPS) is 16.6. The number of amides is 3. The van der Waals surface area contributed by atoms with Crippen molar-refractivity contribution < 1.29 is 14.4 Å². The Bertz CT molecular complexity index is 1680. The molecule has 3 aromatic carbocycles. The van der Waals surface area contributed by atoms with E-state index in [1.165, 1.54) is 0 Å². The molecule has 12 nitrogen and oxygen atoms in total. The number of aromatic nitrogens is 4. The lowest BCUT2D eigenvalue weighted by Gasteiger charge is -2.28. The summed E-state index contributed by atoms with van der Waals surface area (Å²) >= 11 is 0. The van der Waals surface area contributed by atoms with Crippen LogP contribution in [-0.4, -0.2) is 83.0 Å². The van der Waals surface area contributed by atoms with E-state index in [-0.39, 0.29) is 23.6 Å². The van der Waals surface area contributed by atoms with Crippen LogP contribution in [0.1, 0.15) is 53.6 Å². The first kappa shape index (κ1) is 35.4. The molecule has 3 amide bonds. The van der Waals surface area contributed by atoms with Gasteiger partial charge in [-0.15, -0.1) is 10.2 Å². The zero-order valence-corrected chi connectivity index (χ0v) is 28.5. The van der Waals surface area contributed by atoms with E-state index < -0.39 is 6.04 Å². The highest BCUT2D eigenvalue weighted by Crippen LogP contribution is 2.29. The summed E-state index contributed by atoms with van der Waals surface area (Å²) in [4.78, 5) is 41.8. The zero-order chi connectivity index (χ0) is 34.8. The van der Waals surface area contributed by atoms with E-state index in [1.54, 1.807) is 24.3 Å². The van der Waals surface area contributed by atoms with Gasteiger partial charge >= 0.3 is 0 Å². The second kappa shape index (κ2) is 16.9. The first-order valence-electron chi connectivity index (χ1n) is 17.0. The number of anilines is 1. The minimum atomic E-state index is -0.778. The molecule has 0 aliphatic heterocycles. The number of carbonyl (C=O) groups is 3. The Morgan fingerprint density at radius 3 is 2.31 bits per heavy atom. The van der Waals surface area contributed by atoms with Crippen LogP contribution in [0.3, 0.4) is 0 Å². The Labute approximate surface area is 287 Å². The summed E-state index contributed by atoms with van der Waals surface area (Å²) < 4.78 is 0. The Kier molecular flexibility index (Phi) is 12.2. The number of nitrogens with zero attached hydrogens (tertiary/aromatic N) is 4. The first-order chi connectivity index (χ1) is 23.7. The van der Waals surface area contributed by atoms with Gasteiger partial charge in [-0.1, -0.05) is 30.3 Å². The van der Waals surface area contributed by atoms with Crippen molar-refractivity contribution in [1.82, 2.24) is 36.2 Å². The number of H-pyrrole nitrogens is 1. The van der Waals surface area contributed by atoms with Gasteiger partial charge in [0, 0.05) is 35.7 Å². The van der Waals surface area contributed by atoms with E-state index in [9.17, 15) is 14.4 Å². The fourth-order valence-electron chi connectivity index (χ4n) is 6.26. The fraction of sp³-hybridized carbons (Fsp3) is 0.405. The monoisotopic (exact) mass is 665 g/mol. The average Bonchev–Trinajstić information content (AvgIpc) is 3.66. The van der Waals surface area contributed by atoms with E-state index in [2.05, 4.69) is 41.5 Å². The van der Waals surface area contributed by atoms with Crippen LogP contribution in [0.4, 0.5) is 5.69 Å². The van der Waals surface area contributed by atoms with Crippen LogP contribution in [0.15, 0.2) is 66.7 Å². The van der Waals surface area contributed by atoms with Gasteiger partial charge in [-0.2, -0.15) is 5.21 Å². The van der Waals surface area contributed by atoms with Crippen molar-refractivity contribution in [2.75, 3.05) is 39.0 Å². The molecule has 1 aliphatic rings. The van der Waals surface area contributed by atoms with Gasteiger partial charge in [0.15, 0.2) is 0 Å². The average molecular weight is 666 g/mol. The van der Waals surface area contributed by atoms with Gasteiger partial charge in [0.1, 0.15) is 6.04 Å². The van der Waals surface area contributed by atoms with Crippen LogP contribution in [0.25, 0.3) is 22.5 Å². The van der Waals surface area contributed by atoms with E-state index in [1.807, 2.05) is 63.5 Å². The maximum Gasteiger partial charge on any atom is 0.251 e. The van der Waals surface area contributed by atoms with Crippen LogP contribution in [0.5, 0.6) is 0 Å². The van der Waals surface area contributed by atoms with Gasteiger partial charge in [-0.05, 0) is 136 Å². The Balaban J connectivity index is 1.26. The number of tetrazole rings is 1. The molecule has 1 aliphatic carbocycles. The molecule has 0 bridgehead atoms. The summed E-state index contributed by atoms with van der Waals surface area (Å²) in [5.41, 5.74) is 11.8. The van der Waals surface area contributed by atoms with Gasteiger partial charge < -0.3 is 26.6 Å². The highest BCUT2D eigenvalue weighted by atomic mass is 16.2. The maximum atomic E-state index is 13.7. The van der Waals surface area contributed by atoms with Gasteiger partial charge in [-0.25, -0.2) is 0 Å². The third kappa shape index (κ3) is 9.80. The summed E-state index contributed by atoms with van der Waals surface area (Å²) in [5, 5.41) is 23.0. The number of hydrogen-bond acceptors (Lipinski definition) is 8. The number of carbonyl (C=O) groups excluding carboxylic acids is 3. The van der Waals surface area contributed by atoms with Gasteiger partial charge in [0.25, 0.3) is 5.91 Å². The Hall–Kier alpha value is -4.94. The summed E-state index contributed by atoms with van der Waals surface area (Å²) in [5.74, 6) is 0.293. The van der Waals surface area contributed by atoms with Crippen molar-refractivity contribution in [3.05, 3.63) is 83.4 Å². The number of benzene rings is 3. The molecule has 0 spiro atoms. The molecule has 6 N–H and O–H groups in total. The zero-order valence-electron chi connectivity index (χ0n) is 28.5. The molecule has 258 valence electrons. The quantitative estimate of drug-likeness (QED) is 0.126. The van der Waals surface area contributed by atoms with Crippen molar-refractivity contribution in [2.45, 2.75) is 51.5 Å². The minimum absolute atomic E-state index is 0.0783. The molecular weight excluding hydrogens is 618 g/mol. The number of aryl methyl sites for hydroxylation is 1. The van der Waals surface area contributed by atoms with E-state index in [4.69, 9.17) is 5.73 Å². The van der Waals surface area contributed by atoms with Crippen molar-refractivity contribution in [3.63, 3.8) is 0 Å². The molecule has 49 heavy (non-hydrogen) atoms. The Morgan fingerprint density at radius 2 is 1.67 bits per heavy atom. The number of nitrogens with two attached hydrogens (primary N) is 1. The molecule has 0 radical (unpaired) electrons. The molecule has 0 unspecified atom stereocenters. The van der Waals surface area contributed by atoms with Crippen LogP contribution >= 0.6 is 0 Å². The summed E-state index contributed by atoms with van der Waals surface area (Å²) in [6.45, 7) is 4.18. The molecule has 0 saturated heterocycles. The molecular formula is C37H47N9O3.